The minimum absolute atomic E-state index is 0.342. The second-order valence-electron chi connectivity index (χ2n) is 3.28. The Morgan fingerprint density at radius 3 is 2.71 bits per heavy atom. The van der Waals surface area contributed by atoms with E-state index in [1.54, 1.807) is 18.5 Å². The lowest BCUT2D eigenvalue weighted by Crippen LogP contribution is -2.03. The molecule has 0 atom stereocenters. The number of hydrogen-bond acceptors (Lipinski definition) is 4. The van der Waals surface area contributed by atoms with Gasteiger partial charge in [-0.1, -0.05) is 30.0 Å². The molecule has 3 nitrogen and oxygen atoms in total. The first-order valence-corrected chi connectivity index (χ1v) is 5.88. The van der Waals surface area contributed by atoms with Gasteiger partial charge in [0, 0.05) is 22.2 Å². The molecule has 0 aliphatic rings. The van der Waals surface area contributed by atoms with Crippen molar-refractivity contribution in [2.45, 2.75) is 9.79 Å². The second-order valence-corrected chi connectivity index (χ2v) is 4.39. The van der Waals surface area contributed by atoms with Crippen molar-refractivity contribution in [3.63, 3.8) is 0 Å². The van der Waals surface area contributed by atoms with E-state index in [0.29, 0.717) is 5.56 Å². The van der Waals surface area contributed by atoms with E-state index in [-0.39, 0.29) is 5.97 Å². The van der Waals surface area contributed by atoms with E-state index in [2.05, 4.69) is 4.98 Å². The maximum Gasteiger partial charge on any atom is 0.339 e. The molecule has 17 heavy (non-hydrogen) atoms. The molecular formula is C13H11NO2S. The fourth-order valence-corrected chi connectivity index (χ4v) is 2.28. The predicted octanol–water partition coefficient (Wildman–Crippen LogP) is 3.02. The summed E-state index contributed by atoms with van der Waals surface area (Å²) in [5.74, 6) is -0.342. The van der Waals surface area contributed by atoms with Gasteiger partial charge in [-0.05, 0) is 18.2 Å². The first-order chi connectivity index (χ1) is 8.31. The molecular weight excluding hydrogens is 234 g/mol. The molecule has 1 aromatic carbocycles. The third-order valence-corrected chi connectivity index (χ3v) is 3.21. The van der Waals surface area contributed by atoms with Crippen molar-refractivity contribution in [2.24, 2.45) is 0 Å². The Morgan fingerprint density at radius 2 is 2.00 bits per heavy atom. The van der Waals surface area contributed by atoms with Crippen LogP contribution in [0.5, 0.6) is 0 Å². The molecule has 2 rings (SSSR count). The third kappa shape index (κ3) is 2.85. The molecule has 0 aliphatic carbocycles. The fourth-order valence-electron chi connectivity index (χ4n) is 1.36. The molecule has 0 N–H and O–H groups in total. The van der Waals surface area contributed by atoms with E-state index >= 15 is 0 Å². The van der Waals surface area contributed by atoms with E-state index in [4.69, 9.17) is 4.74 Å². The van der Waals surface area contributed by atoms with Gasteiger partial charge in [-0.3, -0.25) is 4.98 Å². The van der Waals surface area contributed by atoms with Gasteiger partial charge in [0.05, 0.1) is 12.7 Å². The van der Waals surface area contributed by atoms with Gasteiger partial charge < -0.3 is 4.74 Å². The van der Waals surface area contributed by atoms with Crippen LogP contribution in [0.25, 0.3) is 0 Å². The van der Waals surface area contributed by atoms with Crippen LogP contribution in [0.2, 0.25) is 0 Å². The zero-order valence-electron chi connectivity index (χ0n) is 9.29. The Hall–Kier alpha value is -1.81. The highest BCUT2D eigenvalue weighted by atomic mass is 32.2. The van der Waals surface area contributed by atoms with Crippen LogP contribution >= 0.6 is 11.8 Å². The van der Waals surface area contributed by atoms with Crippen LogP contribution in [-0.4, -0.2) is 18.1 Å². The zero-order valence-corrected chi connectivity index (χ0v) is 10.1. The number of carbonyl (C=O) groups is 1. The van der Waals surface area contributed by atoms with Crippen LogP contribution in [0.1, 0.15) is 10.4 Å². The Bertz CT molecular complexity index is 514. The predicted molar refractivity (Wildman–Crippen MR) is 66.1 cm³/mol. The summed E-state index contributed by atoms with van der Waals surface area (Å²) in [7, 11) is 1.37. The van der Waals surface area contributed by atoms with Gasteiger partial charge in [-0.2, -0.15) is 0 Å². The van der Waals surface area contributed by atoms with Gasteiger partial charge in [0.25, 0.3) is 0 Å². The van der Waals surface area contributed by atoms with E-state index in [1.807, 2.05) is 30.3 Å². The summed E-state index contributed by atoms with van der Waals surface area (Å²) in [6.45, 7) is 0. The number of rotatable bonds is 3. The summed E-state index contributed by atoms with van der Waals surface area (Å²) >= 11 is 1.49. The monoisotopic (exact) mass is 245 g/mol. The molecule has 1 aromatic heterocycles. The number of benzene rings is 1. The van der Waals surface area contributed by atoms with Crippen molar-refractivity contribution >= 4 is 17.7 Å². The molecule has 1 heterocycles. The van der Waals surface area contributed by atoms with Crippen molar-refractivity contribution in [1.82, 2.24) is 4.98 Å². The summed E-state index contributed by atoms with van der Waals surface area (Å²) in [5.41, 5.74) is 0.538. The van der Waals surface area contributed by atoms with Crippen molar-refractivity contribution in [1.29, 1.82) is 0 Å². The average molecular weight is 245 g/mol. The Labute approximate surface area is 104 Å². The van der Waals surface area contributed by atoms with Gasteiger partial charge in [-0.15, -0.1) is 0 Å². The topological polar surface area (TPSA) is 39.2 Å². The molecule has 86 valence electrons. The lowest BCUT2D eigenvalue weighted by atomic mass is 10.3. The van der Waals surface area contributed by atoms with Gasteiger partial charge >= 0.3 is 5.97 Å². The van der Waals surface area contributed by atoms with Crippen LogP contribution in [0, 0.1) is 0 Å². The second kappa shape index (κ2) is 5.50. The standard InChI is InChI=1S/C13H11NO2S/c1-16-13(15)11-7-8-14-9-12(11)17-10-5-3-2-4-6-10/h2-9H,1H3. The summed E-state index contributed by atoms with van der Waals surface area (Å²) in [6.07, 6.45) is 3.26. The minimum Gasteiger partial charge on any atom is -0.465 e. The highest BCUT2D eigenvalue weighted by molar-refractivity contribution is 7.99. The largest absolute Gasteiger partial charge is 0.465 e. The third-order valence-electron chi connectivity index (χ3n) is 2.16. The lowest BCUT2D eigenvalue weighted by molar-refractivity contribution is 0.0596. The number of ether oxygens (including phenoxy) is 1. The normalized spacial score (nSPS) is 9.94. The highest BCUT2D eigenvalue weighted by Gasteiger charge is 2.12. The smallest absolute Gasteiger partial charge is 0.339 e. The van der Waals surface area contributed by atoms with Crippen LogP contribution in [0.4, 0.5) is 0 Å². The number of hydrogen-bond donors (Lipinski definition) is 0. The SMILES string of the molecule is COC(=O)c1ccncc1Sc1ccccc1. The summed E-state index contributed by atoms with van der Waals surface area (Å²) in [6, 6.07) is 11.5. The summed E-state index contributed by atoms with van der Waals surface area (Å²) in [5, 5.41) is 0. The Morgan fingerprint density at radius 1 is 1.24 bits per heavy atom. The highest BCUT2D eigenvalue weighted by Crippen LogP contribution is 2.29. The van der Waals surface area contributed by atoms with Gasteiger partial charge in [0.15, 0.2) is 0 Å². The van der Waals surface area contributed by atoms with Crippen molar-refractivity contribution in [3.8, 4) is 0 Å². The molecule has 0 aliphatic heterocycles. The van der Waals surface area contributed by atoms with Crippen molar-refractivity contribution < 1.29 is 9.53 Å². The Kier molecular flexibility index (Phi) is 3.77. The maximum absolute atomic E-state index is 11.6. The quantitative estimate of drug-likeness (QED) is 0.779. The Balaban J connectivity index is 2.30. The number of esters is 1. The van der Waals surface area contributed by atoms with E-state index in [0.717, 1.165) is 9.79 Å². The summed E-state index contributed by atoms with van der Waals surface area (Å²) < 4.78 is 4.73. The molecule has 0 spiro atoms. The van der Waals surface area contributed by atoms with Crippen molar-refractivity contribution in [3.05, 3.63) is 54.4 Å². The number of methoxy groups -OCH3 is 1. The average Bonchev–Trinajstić information content (AvgIpc) is 2.40. The number of nitrogens with zero attached hydrogens (tertiary/aromatic N) is 1. The molecule has 0 amide bonds. The number of aromatic nitrogens is 1. The molecule has 0 bridgehead atoms. The van der Waals surface area contributed by atoms with E-state index in [9.17, 15) is 4.79 Å². The van der Waals surface area contributed by atoms with Crippen LogP contribution < -0.4 is 0 Å². The molecule has 0 saturated carbocycles. The fraction of sp³-hybridized carbons (Fsp3) is 0.0769. The lowest BCUT2D eigenvalue weighted by Gasteiger charge is -2.06. The zero-order chi connectivity index (χ0) is 12.1. The van der Waals surface area contributed by atoms with E-state index < -0.39 is 0 Å². The molecule has 0 unspecified atom stereocenters. The van der Waals surface area contributed by atoms with Crippen LogP contribution in [-0.2, 0) is 4.74 Å². The molecule has 4 heteroatoms. The van der Waals surface area contributed by atoms with Gasteiger partial charge in [0.1, 0.15) is 0 Å². The van der Waals surface area contributed by atoms with Gasteiger partial charge in [0.2, 0.25) is 0 Å². The minimum atomic E-state index is -0.342. The molecule has 0 saturated heterocycles. The van der Waals surface area contributed by atoms with Crippen molar-refractivity contribution in [2.75, 3.05) is 7.11 Å². The number of pyridine rings is 1. The van der Waals surface area contributed by atoms with Crippen LogP contribution in [0.15, 0.2) is 58.6 Å². The first-order valence-electron chi connectivity index (χ1n) is 5.06. The molecule has 0 fully saturated rings. The van der Waals surface area contributed by atoms with E-state index in [1.165, 1.54) is 18.9 Å². The summed E-state index contributed by atoms with van der Waals surface area (Å²) in [4.78, 5) is 17.4. The molecule has 0 radical (unpaired) electrons. The maximum atomic E-state index is 11.6. The van der Waals surface area contributed by atoms with Crippen LogP contribution in [0.3, 0.4) is 0 Å². The molecule has 2 aromatic rings. The van der Waals surface area contributed by atoms with Gasteiger partial charge in [-0.25, -0.2) is 4.79 Å². The number of carbonyl (C=O) groups excluding carboxylic acids is 1. The first kappa shape index (κ1) is 11.7.